The number of rotatable bonds is 6. The molecule has 0 aromatic heterocycles. The van der Waals surface area contributed by atoms with Crippen LogP contribution in [0.4, 0.5) is 0 Å². The Bertz CT molecular complexity index is 1240. The zero-order valence-corrected chi connectivity index (χ0v) is 21.8. The first-order valence-electron chi connectivity index (χ1n) is 13.0. The van der Waals surface area contributed by atoms with Crippen molar-refractivity contribution in [2.75, 3.05) is 6.61 Å². The Balaban J connectivity index is 1.41. The number of aliphatic hydroxyl groups excluding tert-OH is 6. The number of hydrogen-bond donors (Lipinski definition) is 8. The number of carbonyl (C=O) groups is 1. The highest BCUT2D eigenvalue weighted by atomic mass is 16.8. The zero-order chi connectivity index (χ0) is 29.6. The van der Waals surface area contributed by atoms with Crippen molar-refractivity contribution in [3.05, 3.63) is 47.5 Å². The van der Waals surface area contributed by atoms with Crippen molar-refractivity contribution in [3.63, 3.8) is 0 Å². The number of fused-ring (bicyclic) bond motifs is 1. The first-order valence-corrected chi connectivity index (χ1v) is 13.0. The smallest absolute Gasteiger partial charge is 0.229 e. The van der Waals surface area contributed by atoms with Gasteiger partial charge in [-0.15, -0.1) is 0 Å². The third-order valence-electron chi connectivity index (χ3n) is 7.42. The minimum atomic E-state index is -1.75. The number of aliphatic hydroxyl groups is 6. The summed E-state index contributed by atoms with van der Waals surface area (Å²) in [5, 5.41) is 81.6. The molecule has 8 N–H and O–H groups in total. The highest BCUT2D eigenvalue weighted by Crippen LogP contribution is 2.43. The van der Waals surface area contributed by atoms with Gasteiger partial charge in [0.1, 0.15) is 71.3 Å². The van der Waals surface area contributed by atoms with Crippen molar-refractivity contribution in [2.24, 2.45) is 0 Å². The second-order valence-electron chi connectivity index (χ2n) is 10.2. The van der Waals surface area contributed by atoms with Gasteiger partial charge in [0.25, 0.3) is 0 Å². The average molecular weight is 581 g/mol. The Hall–Kier alpha value is -3.05. The van der Waals surface area contributed by atoms with Gasteiger partial charge in [0, 0.05) is 12.1 Å². The average Bonchev–Trinajstić information content (AvgIpc) is 2.94. The molecular weight excluding hydrogens is 548 g/mol. The lowest BCUT2D eigenvalue weighted by Gasteiger charge is -2.45. The van der Waals surface area contributed by atoms with Crippen LogP contribution in [0, 0.1) is 0 Å². The van der Waals surface area contributed by atoms with Gasteiger partial charge in [-0.2, -0.15) is 0 Å². The summed E-state index contributed by atoms with van der Waals surface area (Å²) in [7, 11) is 0. The number of phenolic OH excluding ortho intramolecular Hbond substituents is 2. The van der Waals surface area contributed by atoms with Gasteiger partial charge in [-0.3, -0.25) is 4.79 Å². The number of phenols is 2. The molecule has 5 rings (SSSR count). The van der Waals surface area contributed by atoms with Crippen LogP contribution in [0.25, 0.3) is 0 Å². The topological polar surface area (TPSA) is 225 Å². The Kier molecular flexibility index (Phi) is 8.39. The van der Waals surface area contributed by atoms with Crippen LogP contribution in [0.2, 0.25) is 0 Å². The SMILES string of the molecule is CC1O[C@@H](OC2C(Oc3cc(O)c4c(c3)OC(c3ccc(O)cc3)CC4=O)OC(CO)C(O)C2O)C(O)C(O)C1O. The molecule has 0 spiro atoms. The van der Waals surface area contributed by atoms with E-state index in [1.165, 1.54) is 25.1 Å². The van der Waals surface area contributed by atoms with Gasteiger partial charge in [0.15, 0.2) is 18.2 Å². The molecule has 3 aliphatic rings. The number of carbonyl (C=O) groups excluding carboxylic acids is 1. The van der Waals surface area contributed by atoms with Gasteiger partial charge in [-0.05, 0) is 24.6 Å². The molecule has 14 heteroatoms. The molecule has 3 heterocycles. The van der Waals surface area contributed by atoms with E-state index in [0.717, 1.165) is 6.07 Å². The fourth-order valence-corrected chi connectivity index (χ4v) is 5.07. The second-order valence-corrected chi connectivity index (χ2v) is 10.2. The van der Waals surface area contributed by atoms with Crippen LogP contribution in [-0.4, -0.2) is 115 Å². The van der Waals surface area contributed by atoms with Crippen LogP contribution < -0.4 is 9.47 Å². The Morgan fingerprint density at radius 2 is 1.59 bits per heavy atom. The number of aromatic hydroxyl groups is 2. The maximum Gasteiger partial charge on any atom is 0.229 e. The zero-order valence-electron chi connectivity index (χ0n) is 21.8. The normalized spacial score (nSPS) is 37.2. The lowest BCUT2D eigenvalue weighted by Crippen LogP contribution is -2.64. The molecule has 3 aliphatic heterocycles. The minimum Gasteiger partial charge on any atom is -0.508 e. The van der Waals surface area contributed by atoms with Gasteiger partial charge >= 0.3 is 0 Å². The lowest BCUT2D eigenvalue weighted by atomic mass is 9.95. The predicted molar refractivity (Wildman–Crippen MR) is 134 cm³/mol. The summed E-state index contributed by atoms with van der Waals surface area (Å²) >= 11 is 0. The summed E-state index contributed by atoms with van der Waals surface area (Å²) < 4.78 is 28.6. The quantitative estimate of drug-likeness (QED) is 0.202. The van der Waals surface area contributed by atoms with E-state index >= 15 is 0 Å². The standard InChI is InChI=1S/C27H32O14/c1-10-20(32)22(34)24(36)26(37-10)41-25-23(35)21(33)18(9-28)40-27(25)38-13-6-14(30)19-15(31)8-16(39-17(19)7-13)11-2-4-12(29)5-3-11/h2-7,10,16,18,20-30,32-36H,8-9H2,1H3/t10?,16?,18?,20?,21?,22?,23?,24?,25?,26-,27?/m0/s1. The van der Waals surface area contributed by atoms with Crippen molar-refractivity contribution in [3.8, 4) is 23.0 Å². The molecular formula is C27H32O14. The summed E-state index contributed by atoms with van der Waals surface area (Å²) in [5.41, 5.74) is 0.529. The van der Waals surface area contributed by atoms with Crippen molar-refractivity contribution >= 4 is 5.78 Å². The maximum absolute atomic E-state index is 12.9. The Morgan fingerprint density at radius 1 is 0.878 bits per heavy atom. The van der Waals surface area contributed by atoms with E-state index in [9.17, 15) is 45.6 Å². The molecule has 0 saturated carbocycles. The van der Waals surface area contributed by atoms with Crippen molar-refractivity contribution in [1.82, 2.24) is 0 Å². The fourth-order valence-electron chi connectivity index (χ4n) is 5.07. The maximum atomic E-state index is 12.9. The molecule has 0 radical (unpaired) electrons. The third kappa shape index (κ3) is 5.70. The summed E-state index contributed by atoms with van der Waals surface area (Å²) in [5.74, 6) is -0.947. The van der Waals surface area contributed by atoms with Crippen molar-refractivity contribution < 1.29 is 69.3 Å². The number of benzene rings is 2. The molecule has 0 aliphatic carbocycles. The van der Waals surface area contributed by atoms with E-state index in [4.69, 9.17) is 23.7 Å². The van der Waals surface area contributed by atoms with Crippen LogP contribution in [0.1, 0.15) is 35.4 Å². The van der Waals surface area contributed by atoms with Gasteiger partial charge in [0.05, 0.1) is 19.1 Å². The van der Waals surface area contributed by atoms with E-state index in [0.29, 0.717) is 5.56 Å². The second kappa shape index (κ2) is 11.7. The molecule has 2 aromatic carbocycles. The molecule has 11 atom stereocenters. The molecule has 224 valence electrons. The first-order chi connectivity index (χ1) is 19.5. The summed E-state index contributed by atoms with van der Waals surface area (Å²) in [6, 6.07) is 8.50. The highest BCUT2D eigenvalue weighted by Gasteiger charge is 2.51. The number of ether oxygens (including phenoxy) is 5. The summed E-state index contributed by atoms with van der Waals surface area (Å²) in [6.45, 7) is 0.716. The Labute approximate surface area is 233 Å². The van der Waals surface area contributed by atoms with Crippen LogP contribution in [0.3, 0.4) is 0 Å². The van der Waals surface area contributed by atoms with Gasteiger partial charge < -0.3 is 64.5 Å². The molecule has 10 unspecified atom stereocenters. The molecule has 2 saturated heterocycles. The van der Waals surface area contributed by atoms with Gasteiger partial charge in [0.2, 0.25) is 6.29 Å². The largest absolute Gasteiger partial charge is 0.508 e. The summed E-state index contributed by atoms with van der Waals surface area (Å²) in [4.78, 5) is 12.9. The first kappa shape index (κ1) is 29.4. The van der Waals surface area contributed by atoms with Crippen LogP contribution in [0.15, 0.2) is 36.4 Å². The summed E-state index contributed by atoms with van der Waals surface area (Å²) in [6.07, 6.45) is -16.0. The van der Waals surface area contributed by atoms with Gasteiger partial charge in [-0.25, -0.2) is 0 Å². The Morgan fingerprint density at radius 3 is 2.27 bits per heavy atom. The lowest BCUT2D eigenvalue weighted by molar-refractivity contribution is -0.354. The molecule has 2 fully saturated rings. The van der Waals surface area contributed by atoms with Crippen LogP contribution >= 0.6 is 0 Å². The molecule has 14 nitrogen and oxygen atoms in total. The van der Waals surface area contributed by atoms with Crippen LogP contribution in [0.5, 0.6) is 23.0 Å². The number of ketones is 1. The monoisotopic (exact) mass is 580 g/mol. The van der Waals surface area contributed by atoms with Crippen molar-refractivity contribution in [2.45, 2.75) is 80.9 Å². The van der Waals surface area contributed by atoms with E-state index in [1.54, 1.807) is 12.1 Å². The van der Waals surface area contributed by atoms with E-state index in [-0.39, 0.29) is 29.2 Å². The highest BCUT2D eigenvalue weighted by molar-refractivity contribution is 6.02. The van der Waals surface area contributed by atoms with E-state index < -0.39 is 85.7 Å². The molecule has 0 bridgehead atoms. The van der Waals surface area contributed by atoms with Crippen molar-refractivity contribution in [1.29, 1.82) is 0 Å². The predicted octanol–water partition coefficient (Wildman–Crippen LogP) is -1.17. The molecule has 2 aromatic rings. The minimum absolute atomic E-state index is 0.0149. The van der Waals surface area contributed by atoms with Gasteiger partial charge in [-0.1, -0.05) is 12.1 Å². The number of Topliss-reactive ketones (excluding diaryl/α,β-unsaturated/α-hetero) is 1. The molecule has 0 amide bonds. The molecule has 41 heavy (non-hydrogen) atoms. The van der Waals surface area contributed by atoms with E-state index in [1.807, 2.05) is 0 Å². The fraction of sp³-hybridized carbons (Fsp3) is 0.519. The number of hydrogen-bond acceptors (Lipinski definition) is 14. The van der Waals surface area contributed by atoms with Crippen LogP contribution in [-0.2, 0) is 14.2 Å². The third-order valence-corrected chi connectivity index (χ3v) is 7.42. The van der Waals surface area contributed by atoms with E-state index in [2.05, 4.69) is 0 Å².